The number of nitriles is 1. The largest absolute Gasteiger partial charge is 0.489 e. The van der Waals surface area contributed by atoms with Gasteiger partial charge in [0.2, 0.25) is 0 Å². The van der Waals surface area contributed by atoms with E-state index in [0.29, 0.717) is 11.4 Å². The summed E-state index contributed by atoms with van der Waals surface area (Å²) in [4.78, 5) is 0. The fourth-order valence-electron chi connectivity index (χ4n) is 1.58. The van der Waals surface area contributed by atoms with Crippen LogP contribution in [-0.4, -0.2) is 6.10 Å². The minimum absolute atomic E-state index is 0.133. The molecule has 0 heterocycles. The van der Waals surface area contributed by atoms with E-state index in [1.165, 1.54) is 5.56 Å². The summed E-state index contributed by atoms with van der Waals surface area (Å²) in [6.07, 6.45) is 3.69. The zero-order chi connectivity index (χ0) is 12.7. The van der Waals surface area contributed by atoms with E-state index < -0.39 is 0 Å². The van der Waals surface area contributed by atoms with Crippen LogP contribution in [0.15, 0.2) is 18.2 Å². The molecular weight excluding hydrogens is 234 g/mol. The molecule has 0 atom stereocenters. The molecule has 0 aromatic heterocycles. The molecule has 1 aromatic rings. The lowest BCUT2D eigenvalue weighted by Gasteiger charge is -2.12. The number of nitrogens with zero attached hydrogens (tertiary/aromatic N) is 1. The summed E-state index contributed by atoms with van der Waals surface area (Å²) in [6.45, 7) is 3.96. The van der Waals surface area contributed by atoms with Gasteiger partial charge in [-0.05, 0) is 50.8 Å². The number of unbranched alkanes of at least 4 members (excludes halogenated alkanes) is 2. The molecule has 0 N–H and O–H groups in total. The van der Waals surface area contributed by atoms with Crippen molar-refractivity contribution in [1.29, 1.82) is 5.26 Å². The van der Waals surface area contributed by atoms with Gasteiger partial charge in [0, 0.05) is 6.42 Å². The molecule has 1 aromatic carbocycles. The first-order chi connectivity index (χ1) is 8.13. The van der Waals surface area contributed by atoms with Crippen LogP contribution in [0.2, 0.25) is 5.02 Å². The second-order valence-electron chi connectivity index (χ2n) is 4.30. The van der Waals surface area contributed by atoms with E-state index in [2.05, 4.69) is 6.07 Å². The van der Waals surface area contributed by atoms with E-state index in [4.69, 9.17) is 21.6 Å². The average molecular weight is 252 g/mol. The predicted molar refractivity (Wildman–Crippen MR) is 70.4 cm³/mol. The molecule has 3 heteroatoms. The first-order valence-electron chi connectivity index (χ1n) is 5.95. The summed E-state index contributed by atoms with van der Waals surface area (Å²) >= 11 is 6.14. The van der Waals surface area contributed by atoms with Gasteiger partial charge in [-0.15, -0.1) is 0 Å². The molecule has 2 nitrogen and oxygen atoms in total. The Labute approximate surface area is 108 Å². The molecule has 0 saturated carbocycles. The van der Waals surface area contributed by atoms with Crippen LogP contribution >= 0.6 is 11.6 Å². The van der Waals surface area contributed by atoms with Crippen molar-refractivity contribution in [2.24, 2.45) is 0 Å². The molecule has 0 spiro atoms. The number of rotatable bonds is 6. The molecule has 0 aliphatic rings. The van der Waals surface area contributed by atoms with Crippen molar-refractivity contribution < 1.29 is 4.74 Å². The van der Waals surface area contributed by atoms with Crippen LogP contribution in [0.25, 0.3) is 0 Å². The fraction of sp³-hybridized carbons (Fsp3) is 0.500. The topological polar surface area (TPSA) is 33.0 Å². The summed E-state index contributed by atoms with van der Waals surface area (Å²) in [7, 11) is 0. The van der Waals surface area contributed by atoms with E-state index in [0.717, 1.165) is 25.0 Å². The summed E-state index contributed by atoms with van der Waals surface area (Å²) in [5.41, 5.74) is 1.20. The van der Waals surface area contributed by atoms with E-state index in [1.807, 2.05) is 32.0 Å². The molecule has 0 aliphatic carbocycles. The molecule has 0 saturated heterocycles. The van der Waals surface area contributed by atoms with Gasteiger partial charge >= 0.3 is 0 Å². The van der Waals surface area contributed by atoms with Gasteiger partial charge in [0.25, 0.3) is 0 Å². The van der Waals surface area contributed by atoms with Gasteiger partial charge in [-0.3, -0.25) is 0 Å². The lowest BCUT2D eigenvalue weighted by molar-refractivity contribution is 0.242. The molecule has 0 fully saturated rings. The predicted octanol–water partition coefficient (Wildman–Crippen LogP) is 4.36. The minimum atomic E-state index is 0.133. The zero-order valence-corrected chi connectivity index (χ0v) is 11.1. The van der Waals surface area contributed by atoms with E-state index >= 15 is 0 Å². The highest BCUT2D eigenvalue weighted by atomic mass is 35.5. The number of hydrogen-bond donors (Lipinski definition) is 0. The summed E-state index contributed by atoms with van der Waals surface area (Å²) in [6, 6.07) is 8.06. The highest BCUT2D eigenvalue weighted by Crippen LogP contribution is 2.27. The molecule has 0 unspecified atom stereocenters. The van der Waals surface area contributed by atoms with Crippen LogP contribution in [0.5, 0.6) is 5.75 Å². The SMILES string of the molecule is CC(C)Oc1ccc(CCCCC#N)cc1Cl. The smallest absolute Gasteiger partial charge is 0.138 e. The van der Waals surface area contributed by atoms with E-state index in [9.17, 15) is 0 Å². The monoisotopic (exact) mass is 251 g/mol. The molecule has 0 radical (unpaired) electrons. The van der Waals surface area contributed by atoms with Crippen molar-refractivity contribution in [1.82, 2.24) is 0 Å². The van der Waals surface area contributed by atoms with Crippen molar-refractivity contribution >= 4 is 11.6 Å². The summed E-state index contributed by atoms with van der Waals surface area (Å²) < 4.78 is 5.57. The first kappa shape index (κ1) is 13.9. The molecule has 0 aliphatic heterocycles. The lowest BCUT2D eigenvalue weighted by atomic mass is 10.1. The van der Waals surface area contributed by atoms with Gasteiger partial charge in [0.05, 0.1) is 17.2 Å². The van der Waals surface area contributed by atoms with Crippen molar-refractivity contribution in [3.63, 3.8) is 0 Å². The fourth-order valence-corrected chi connectivity index (χ4v) is 1.83. The highest BCUT2D eigenvalue weighted by Gasteiger charge is 2.04. The quantitative estimate of drug-likeness (QED) is 0.704. The molecule has 92 valence electrons. The van der Waals surface area contributed by atoms with E-state index in [-0.39, 0.29) is 6.10 Å². The van der Waals surface area contributed by atoms with Gasteiger partial charge in [-0.1, -0.05) is 17.7 Å². The third kappa shape index (κ3) is 5.10. The molecule has 0 amide bonds. The van der Waals surface area contributed by atoms with Crippen LogP contribution in [0.1, 0.15) is 38.7 Å². The maximum atomic E-state index is 8.44. The number of halogens is 1. The Bertz CT molecular complexity index is 396. The van der Waals surface area contributed by atoms with Crippen LogP contribution in [0, 0.1) is 11.3 Å². The van der Waals surface area contributed by atoms with Crippen molar-refractivity contribution in [3.8, 4) is 11.8 Å². The normalized spacial score (nSPS) is 10.3. The third-order valence-electron chi connectivity index (χ3n) is 2.36. The van der Waals surface area contributed by atoms with Crippen LogP contribution in [-0.2, 0) is 6.42 Å². The Balaban J connectivity index is 2.53. The Kier molecular flexibility index (Phi) is 5.86. The molecule has 1 rings (SSSR count). The number of hydrogen-bond acceptors (Lipinski definition) is 2. The van der Waals surface area contributed by atoms with Crippen LogP contribution in [0.3, 0.4) is 0 Å². The maximum absolute atomic E-state index is 8.44. The molecule has 0 bridgehead atoms. The van der Waals surface area contributed by atoms with Crippen molar-refractivity contribution in [3.05, 3.63) is 28.8 Å². The number of aryl methyl sites for hydroxylation is 1. The second-order valence-corrected chi connectivity index (χ2v) is 4.70. The van der Waals surface area contributed by atoms with Gasteiger partial charge in [0.1, 0.15) is 5.75 Å². The summed E-state index contributed by atoms with van der Waals surface area (Å²) in [5.74, 6) is 0.738. The van der Waals surface area contributed by atoms with Gasteiger partial charge < -0.3 is 4.74 Å². The van der Waals surface area contributed by atoms with E-state index in [1.54, 1.807) is 0 Å². The standard InChI is InChI=1S/C14H18ClNO/c1-11(2)17-14-8-7-12(10-13(14)15)6-4-3-5-9-16/h7-8,10-11H,3-6H2,1-2H3. The van der Waals surface area contributed by atoms with Crippen LogP contribution in [0.4, 0.5) is 0 Å². The maximum Gasteiger partial charge on any atom is 0.138 e. The molecule has 17 heavy (non-hydrogen) atoms. The number of ether oxygens (including phenoxy) is 1. The van der Waals surface area contributed by atoms with Crippen LogP contribution < -0.4 is 4.74 Å². The Morgan fingerprint density at radius 3 is 2.71 bits per heavy atom. The average Bonchev–Trinajstić information content (AvgIpc) is 2.27. The van der Waals surface area contributed by atoms with Crippen molar-refractivity contribution in [2.75, 3.05) is 0 Å². The lowest BCUT2D eigenvalue weighted by Crippen LogP contribution is -2.05. The Morgan fingerprint density at radius 2 is 2.12 bits per heavy atom. The Hall–Kier alpha value is -1.20. The third-order valence-corrected chi connectivity index (χ3v) is 2.66. The van der Waals surface area contributed by atoms with Gasteiger partial charge in [-0.2, -0.15) is 5.26 Å². The first-order valence-corrected chi connectivity index (χ1v) is 6.33. The number of benzene rings is 1. The Morgan fingerprint density at radius 1 is 1.35 bits per heavy atom. The summed E-state index contributed by atoms with van der Waals surface area (Å²) in [5, 5.41) is 9.10. The molecular formula is C14H18ClNO. The van der Waals surface area contributed by atoms with Crippen molar-refractivity contribution in [2.45, 2.75) is 45.6 Å². The van der Waals surface area contributed by atoms with Gasteiger partial charge in [0.15, 0.2) is 0 Å². The highest BCUT2D eigenvalue weighted by molar-refractivity contribution is 6.32. The van der Waals surface area contributed by atoms with Gasteiger partial charge in [-0.25, -0.2) is 0 Å². The minimum Gasteiger partial charge on any atom is -0.489 e. The zero-order valence-electron chi connectivity index (χ0n) is 10.4. The second kappa shape index (κ2) is 7.19.